The van der Waals surface area contributed by atoms with Crippen LogP contribution in [0, 0.1) is 13.8 Å². The minimum atomic E-state index is 0.738. The molecule has 4 nitrogen and oxygen atoms in total. The molecule has 1 aromatic carbocycles. The summed E-state index contributed by atoms with van der Waals surface area (Å²) < 4.78 is 6.89. The topological polar surface area (TPSA) is 47.0 Å². The van der Waals surface area contributed by atoms with E-state index in [0.717, 1.165) is 47.7 Å². The lowest BCUT2D eigenvalue weighted by molar-refractivity contribution is 0.306. The number of anilines is 1. The molecule has 2 aromatic rings. The largest absolute Gasteiger partial charge is 0.493 e. The number of aromatic nitrogens is 2. The van der Waals surface area contributed by atoms with Gasteiger partial charge < -0.3 is 10.1 Å². The van der Waals surface area contributed by atoms with Gasteiger partial charge in [-0.2, -0.15) is 0 Å². The summed E-state index contributed by atoms with van der Waals surface area (Å²) in [6.07, 6.45) is 8.62. The molecule has 1 heterocycles. The Morgan fingerprint density at radius 1 is 1.08 bits per heavy atom. The van der Waals surface area contributed by atoms with Crippen molar-refractivity contribution in [3.8, 4) is 5.75 Å². The Kier molecular flexibility index (Phi) is 8.89. The minimum Gasteiger partial charge on any atom is -0.493 e. The maximum Gasteiger partial charge on any atom is 0.144 e. The second-order valence-corrected chi connectivity index (χ2v) is 7.45. The standard InChI is InChI=1S/C21H30BrN3O/c1-4-5-6-9-18-10-11-19(16(2)14-18)26-13-8-7-12-23-21-20(22)17(3)24-15-25-21/h10-11,14-15H,4-9,12-13H2,1-3H3,(H,23,24,25). The van der Waals surface area contributed by atoms with Crippen molar-refractivity contribution in [1.82, 2.24) is 9.97 Å². The molecule has 0 amide bonds. The average Bonchev–Trinajstić information content (AvgIpc) is 2.63. The first kappa shape index (κ1) is 20.7. The van der Waals surface area contributed by atoms with Crippen molar-refractivity contribution in [3.63, 3.8) is 0 Å². The third kappa shape index (κ3) is 6.60. The number of nitrogens with zero attached hydrogens (tertiary/aromatic N) is 2. The number of benzene rings is 1. The van der Waals surface area contributed by atoms with E-state index in [1.807, 2.05) is 6.92 Å². The highest BCUT2D eigenvalue weighted by Crippen LogP contribution is 2.22. The van der Waals surface area contributed by atoms with Gasteiger partial charge in [-0.1, -0.05) is 31.9 Å². The summed E-state index contributed by atoms with van der Waals surface area (Å²) in [5, 5.41) is 3.34. The molecule has 0 saturated heterocycles. The number of aryl methyl sites for hydroxylation is 3. The maximum atomic E-state index is 5.95. The molecule has 0 aliphatic carbocycles. The van der Waals surface area contributed by atoms with Gasteiger partial charge in [0.05, 0.1) is 16.8 Å². The van der Waals surface area contributed by atoms with Crippen molar-refractivity contribution in [2.45, 2.75) is 59.3 Å². The highest BCUT2D eigenvalue weighted by molar-refractivity contribution is 9.10. The monoisotopic (exact) mass is 419 g/mol. The normalized spacial score (nSPS) is 10.8. The Balaban J connectivity index is 1.67. The third-order valence-corrected chi connectivity index (χ3v) is 5.34. The van der Waals surface area contributed by atoms with Gasteiger partial charge in [0.15, 0.2) is 0 Å². The summed E-state index contributed by atoms with van der Waals surface area (Å²) in [5.41, 5.74) is 3.59. The van der Waals surface area contributed by atoms with Gasteiger partial charge in [-0.15, -0.1) is 0 Å². The van der Waals surface area contributed by atoms with Gasteiger partial charge in [0.2, 0.25) is 0 Å². The first-order valence-corrected chi connectivity index (χ1v) is 10.3. The van der Waals surface area contributed by atoms with Crippen LogP contribution in [0.15, 0.2) is 29.0 Å². The second-order valence-electron chi connectivity index (χ2n) is 6.66. The molecular formula is C21H30BrN3O. The van der Waals surface area contributed by atoms with Crippen LogP contribution in [0.25, 0.3) is 0 Å². The van der Waals surface area contributed by atoms with E-state index in [9.17, 15) is 0 Å². The van der Waals surface area contributed by atoms with E-state index in [1.54, 1.807) is 6.33 Å². The van der Waals surface area contributed by atoms with Crippen molar-refractivity contribution in [1.29, 1.82) is 0 Å². The van der Waals surface area contributed by atoms with E-state index in [0.29, 0.717) is 0 Å². The average molecular weight is 420 g/mol. The van der Waals surface area contributed by atoms with E-state index in [2.05, 4.69) is 63.3 Å². The summed E-state index contributed by atoms with van der Waals surface area (Å²) in [5.74, 6) is 1.86. The molecule has 1 N–H and O–H groups in total. The lowest BCUT2D eigenvalue weighted by Gasteiger charge is -2.11. The first-order chi connectivity index (χ1) is 12.6. The highest BCUT2D eigenvalue weighted by atomic mass is 79.9. The Labute approximate surface area is 165 Å². The van der Waals surface area contributed by atoms with Crippen molar-refractivity contribution in [2.75, 3.05) is 18.5 Å². The van der Waals surface area contributed by atoms with Crippen LogP contribution < -0.4 is 10.1 Å². The number of hydrogen-bond donors (Lipinski definition) is 1. The maximum absolute atomic E-state index is 5.95. The molecule has 0 saturated carbocycles. The molecule has 0 bridgehead atoms. The van der Waals surface area contributed by atoms with Crippen LogP contribution in [-0.4, -0.2) is 23.1 Å². The van der Waals surface area contributed by atoms with Crippen molar-refractivity contribution in [2.24, 2.45) is 0 Å². The molecule has 0 radical (unpaired) electrons. The van der Waals surface area contributed by atoms with Crippen LogP contribution in [-0.2, 0) is 6.42 Å². The fraction of sp³-hybridized carbons (Fsp3) is 0.524. The summed E-state index contributed by atoms with van der Waals surface area (Å²) in [6.45, 7) is 7.94. The molecule has 26 heavy (non-hydrogen) atoms. The van der Waals surface area contributed by atoms with Gasteiger partial charge in [-0.3, -0.25) is 0 Å². The minimum absolute atomic E-state index is 0.738. The summed E-state index contributed by atoms with van der Waals surface area (Å²) in [7, 11) is 0. The van der Waals surface area contributed by atoms with E-state index in [1.165, 1.54) is 36.8 Å². The van der Waals surface area contributed by atoms with Gasteiger partial charge in [0, 0.05) is 6.54 Å². The van der Waals surface area contributed by atoms with Gasteiger partial charge in [0.1, 0.15) is 17.9 Å². The van der Waals surface area contributed by atoms with Crippen molar-refractivity contribution in [3.05, 3.63) is 45.8 Å². The van der Waals surface area contributed by atoms with Crippen molar-refractivity contribution >= 4 is 21.7 Å². The SMILES string of the molecule is CCCCCc1ccc(OCCCCNc2ncnc(C)c2Br)c(C)c1. The molecular weight excluding hydrogens is 390 g/mol. The van der Waals surface area contributed by atoms with Crippen LogP contribution in [0.1, 0.15) is 55.8 Å². The molecule has 0 aliphatic heterocycles. The molecule has 142 valence electrons. The van der Waals surface area contributed by atoms with E-state index in [-0.39, 0.29) is 0 Å². The molecule has 2 rings (SSSR count). The van der Waals surface area contributed by atoms with Gasteiger partial charge >= 0.3 is 0 Å². The number of ether oxygens (including phenoxy) is 1. The van der Waals surface area contributed by atoms with Crippen LogP contribution >= 0.6 is 15.9 Å². The highest BCUT2D eigenvalue weighted by Gasteiger charge is 2.04. The number of rotatable bonds is 11. The number of unbranched alkanes of at least 4 members (excludes halogenated alkanes) is 3. The second kappa shape index (κ2) is 11.2. The number of nitrogens with one attached hydrogen (secondary N) is 1. The van der Waals surface area contributed by atoms with E-state index >= 15 is 0 Å². The van der Waals surface area contributed by atoms with Gasteiger partial charge in [0.25, 0.3) is 0 Å². The smallest absolute Gasteiger partial charge is 0.144 e. The molecule has 0 atom stereocenters. The quantitative estimate of drug-likeness (QED) is 0.463. The molecule has 0 fully saturated rings. The van der Waals surface area contributed by atoms with Crippen LogP contribution in [0.3, 0.4) is 0 Å². The van der Waals surface area contributed by atoms with Crippen molar-refractivity contribution < 1.29 is 4.74 Å². The summed E-state index contributed by atoms with van der Waals surface area (Å²) in [6, 6.07) is 6.59. The molecule has 0 aliphatic rings. The number of hydrogen-bond acceptors (Lipinski definition) is 4. The fourth-order valence-corrected chi connectivity index (χ4v) is 3.15. The molecule has 5 heteroatoms. The van der Waals surface area contributed by atoms with Crippen LogP contribution in [0.2, 0.25) is 0 Å². The Morgan fingerprint density at radius 3 is 2.69 bits per heavy atom. The van der Waals surface area contributed by atoms with E-state index in [4.69, 9.17) is 4.74 Å². The lowest BCUT2D eigenvalue weighted by Crippen LogP contribution is -2.07. The Morgan fingerprint density at radius 2 is 1.92 bits per heavy atom. The van der Waals surface area contributed by atoms with Gasteiger partial charge in [-0.05, 0) is 72.7 Å². The first-order valence-electron chi connectivity index (χ1n) is 9.55. The zero-order chi connectivity index (χ0) is 18.8. The Bertz CT molecular complexity index is 691. The van der Waals surface area contributed by atoms with Crippen LogP contribution in [0.5, 0.6) is 5.75 Å². The lowest BCUT2D eigenvalue weighted by atomic mass is 10.0. The van der Waals surface area contributed by atoms with Gasteiger partial charge in [-0.25, -0.2) is 9.97 Å². The zero-order valence-corrected chi connectivity index (χ0v) is 17.7. The van der Waals surface area contributed by atoms with Crippen LogP contribution in [0.4, 0.5) is 5.82 Å². The fourth-order valence-electron chi connectivity index (χ4n) is 2.81. The zero-order valence-electron chi connectivity index (χ0n) is 16.1. The predicted octanol–water partition coefficient (Wildman–Crippen LogP) is 5.86. The molecule has 0 unspecified atom stereocenters. The van der Waals surface area contributed by atoms with E-state index < -0.39 is 0 Å². The summed E-state index contributed by atoms with van der Waals surface area (Å²) >= 11 is 3.51. The molecule has 0 spiro atoms. The molecule has 1 aromatic heterocycles. The summed E-state index contributed by atoms with van der Waals surface area (Å²) in [4.78, 5) is 8.40. The number of halogens is 1. The Hall–Kier alpha value is -1.62. The third-order valence-electron chi connectivity index (χ3n) is 4.39. The predicted molar refractivity (Wildman–Crippen MR) is 112 cm³/mol.